The fourth-order valence-corrected chi connectivity index (χ4v) is 1.52. The van der Waals surface area contributed by atoms with Crippen molar-refractivity contribution in [1.82, 2.24) is 9.97 Å². The molecule has 1 aromatic rings. The Morgan fingerprint density at radius 2 is 2.23 bits per heavy atom. The van der Waals surface area contributed by atoms with Gasteiger partial charge in [0.2, 0.25) is 0 Å². The summed E-state index contributed by atoms with van der Waals surface area (Å²) in [6, 6.07) is 0. The van der Waals surface area contributed by atoms with Crippen molar-refractivity contribution < 1.29 is 4.74 Å². The Balaban J connectivity index is 2.50. The third-order valence-electron chi connectivity index (χ3n) is 2.09. The molecule has 0 aliphatic carbocycles. The van der Waals surface area contributed by atoms with Crippen LogP contribution >= 0.6 is 0 Å². The van der Waals surface area contributed by atoms with Crippen molar-refractivity contribution in [3.63, 3.8) is 0 Å². The quantitative estimate of drug-likeness (QED) is 0.702. The summed E-state index contributed by atoms with van der Waals surface area (Å²) in [7, 11) is 1.85. The predicted octanol–water partition coefficient (Wildman–Crippen LogP) is 1.15. The van der Waals surface area contributed by atoms with Gasteiger partial charge in [0, 0.05) is 7.05 Å². The van der Waals surface area contributed by atoms with Gasteiger partial charge < -0.3 is 10.1 Å². The van der Waals surface area contributed by atoms with Gasteiger partial charge in [-0.3, -0.25) is 0 Å². The van der Waals surface area contributed by atoms with Crippen LogP contribution in [0.1, 0.15) is 17.9 Å². The van der Waals surface area contributed by atoms with Crippen LogP contribution in [0.3, 0.4) is 0 Å². The fourth-order valence-electron chi connectivity index (χ4n) is 1.52. The highest BCUT2D eigenvalue weighted by Crippen LogP contribution is 2.29. The molecule has 13 heavy (non-hydrogen) atoms. The summed E-state index contributed by atoms with van der Waals surface area (Å²) in [5.74, 6) is 2.44. The number of anilines is 1. The van der Waals surface area contributed by atoms with E-state index in [0.717, 1.165) is 42.5 Å². The summed E-state index contributed by atoms with van der Waals surface area (Å²) >= 11 is 0. The fraction of sp³-hybridized carbons (Fsp3) is 0.556. The molecule has 0 fully saturated rings. The topological polar surface area (TPSA) is 47.0 Å². The van der Waals surface area contributed by atoms with Crippen LogP contribution in [0.5, 0.6) is 5.75 Å². The van der Waals surface area contributed by atoms with Crippen LogP contribution in [-0.2, 0) is 6.42 Å². The molecule has 0 unspecified atom stereocenters. The predicted molar refractivity (Wildman–Crippen MR) is 50.1 cm³/mol. The molecule has 0 bridgehead atoms. The monoisotopic (exact) mass is 179 g/mol. The van der Waals surface area contributed by atoms with Gasteiger partial charge in [-0.05, 0) is 19.8 Å². The van der Waals surface area contributed by atoms with E-state index >= 15 is 0 Å². The number of hydrogen-bond donors (Lipinski definition) is 1. The lowest BCUT2D eigenvalue weighted by Gasteiger charge is -2.18. The maximum atomic E-state index is 5.51. The minimum Gasteiger partial charge on any atom is -0.488 e. The normalized spacial score (nSPS) is 14.6. The van der Waals surface area contributed by atoms with Gasteiger partial charge in [0.05, 0.1) is 12.3 Å². The molecule has 0 saturated heterocycles. The van der Waals surface area contributed by atoms with E-state index in [1.807, 2.05) is 14.0 Å². The molecule has 4 heteroatoms. The molecule has 0 saturated carbocycles. The summed E-state index contributed by atoms with van der Waals surface area (Å²) in [6.45, 7) is 2.67. The van der Waals surface area contributed by atoms with Gasteiger partial charge in [0.15, 0.2) is 11.6 Å². The molecule has 0 aromatic carbocycles. The van der Waals surface area contributed by atoms with E-state index in [2.05, 4.69) is 15.3 Å². The highest BCUT2D eigenvalue weighted by molar-refractivity contribution is 5.53. The van der Waals surface area contributed by atoms with E-state index in [0.29, 0.717) is 0 Å². The number of hydrogen-bond acceptors (Lipinski definition) is 4. The molecule has 1 aliphatic heterocycles. The number of fused-ring (bicyclic) bond motifs is 1. The minimum atomic E-state index is 0.772. The minimum absolute atomic E-state index is 0.772. The Kier molecular flexibility index (Phi) is 2.04. The zero-order valence-corrected chi connectivity index (χ0v) is 7.92. The Bertz CT molecular complexity index is 308. The number of nitrogens with zero attached hydrogens (tertiary/aromatic N) is 2. The Morgan fingerprint density at radius 1 is 1.38 bits per heavy atom. The third kappa shape index (κ3) is 1.43. The molecule has 0 radical (unpaired) electrons. The third-order valence-corrected chi connectivity index (χ3v) is 2.09. The van der Waals surface area contributed by atoms with Crippen molar-refractivity contribution in [3.05, 3.63) is 11.5 Å². The molecular formula is C9H13N3O. The maximum Gasteiger partial charge on any atom is 0.183 e. The molecule has 0 amide bonds. The average Bonchev–Trinajstić information content (AvgIpc) is 2.16. The summed E-state index contributed by atoms with van der Waals surface area (Å²) in [5, 5.41) is 3.02. The van der Waals surface area contributed by atoms with Crippen LogP contribution in [0.4, 0.5) is 5.82 Å². The smallest absolute Gasteiger partial charge is 0.183 e. The van der Waals surface area contributed by atoms with Crippen molar-refractivity contribution in [2.45, 2.75) is 19.8 Å². The maximum absolute atomic E-state index is 5.51. The van der Waals surface area contributed by atoms with E-state index < -0.39 is 0 Å². The Hall–Kier alpha value is -1.32. The number of aryl methyl sites for hydroxylation is 2. The average molecular weight is 179 g/mol. The van der Waals surface area contributed by atoms with E-state index in [9.17, 15) is 0 Å². The van der Waals surface area contributed by atoms with Gasteiger partial charge in [0.25, 0.3) is 0 Å². The van der Waals surface area contributed by atoms with Crippen molar-refractivity contribution in [1.29, 1.82) is 0 Å². The van der Waals surface area contributed by atoms with Crippen molar-refractivity contribution >= 4 is 5.82 Å². The summed E-state index contributed by atoms with van der Waals surface area (Å²) < 4.78 is 5.51. The first-order valence-electron chi connectivity index (χ1n) is 4.49. The van der Waals surface area contributed by atoms with E-state index in [1.165, 1.54) is 0 Å². The van der Waals surface area contributed by atoms with E-state index in [1.54, 1.807) is 0 Å². The van der Waals surface area contributed by atoms with Crippen LogP contribution in [0.15, 0.2) is 0 Å². The highest BCUT2D eigenvalue weighted by Gasteiger charge is 2.17. The zero-order valence-electron chi connectivity index (χ0n) is 7.92. The largest absolute Gasteiger partial charge is 0.488 e. The first-order valence-corrected chi connectivity index (χ1v) is 4.49. The van der Waals surface area contributed by atoms with Gasteiger partial charge >= 0.3 is 0 Å². The number of ether oxygens (including phenoxy) is 1. The summed E-state index contributed by atoms with van der Waals surface area (Å²) in [6.07, 6.45) is 2.04. The summed E-state index contributed by atoms with van der Waals surface area (Å²) in [4.78, 5) is 8.60. The van der Waals surface area contributed by atoms with Crippen LogP contribution in [0, 0.1) is 6.92 Å². The van der Waals surface area contributed by atoms with Crippen molar-refractivity contribution in [2.75, 3.05) is 19.0 Å². The van der Waals surface area contributed by atoms with Gasteiger partial charge in [-0.2, -0.15) is 0 Å². The van der Waals surface area contributed by atoms with Gasteiger partial charge in [-0.15, -0.1) is 0 Å². The van der Waals surface area contributed by atoms with Crippen LogP contribution in [0.25, 0.3) is 0 Å². The SMILES string of the molecule is CNc1nc(C)nc2c1OCCC2. The molecule has 2 heterocycles. The van der Waals surface area contributed by atoms with Crippen molar-refractivity contribution in [2.24, 2.45) is 0 Å². The number of aromatic nitrogens is 2. The van der Waals surface area contributed by atoms with Crippen LogP contribution < -0.4 is 10.1 Å². The Labute approximate surface area is 77.4 Å². The van der Waals surface area contributed by atoms with Crippen LogP contribution in [0.2, 0.25) is 0 Å². The lowest BCUT2D eigenvalue weighted by molar-refractivity contribution is 0.284. The second kappa shape index (κ2) is 3.20. The van der Waals surface area contributed by atoms with E-state index in [4.69, 9.17) is 4.74 Å². The first kappa shape index (κ1) is 8.29. The molecule has 1 aliphatic rings. The lowest BCUT2D eigenvalue weighted by Crippen LogP contribution is -2.14. The Morgan fingerprint density at radius 3 is 3.00 bits per heavy atom. The van der Waals surface area contributed by atoms with Gasteiger partial charge in [-0.1, -0.05) is 0 Å². The standard InChI is InChI=1S/C9H13N3O/c1-6-11-7-4-3-5-13-8(7)9(10-2)12-6/h3-5H2,1-2H3,(H,10,11,12). The molecule has 4 nitrogen and oxygen atoms in total. The zero-order chi connectivity index (χ0) is 9.26. The molecule has 70 valence electrons. The molecule has 2 rings (SSSR count). The number of nitrogens with one attached hydrogen (secondary N) is 1. The van der Waals surface area contributed by atoms with Gasteiger partial charge in [0.1, 0.15) is 5.82 Å². The first-order chi connectivity index (χ1) is 6.31. The van der Waals surface area contributed by atoms with E-state index in [-0.39, 0.29) is 0 Å². The van der Waals surface area contributed by atoms with Crippen LogP contribution in [-0.4, -0.2) is 23.6 Å². The number of rotatable bonds is 1. The highest BCUT2D eigenvalue weighted by atomic mass is 16.5. The summed E-state index contributed by atoms with van der Waals surface area (Å²) in [5.41, 5.74) is 1.03. The second-order valence-electron chi connectivity index (χ2n) is 3.10. The molecule has 1 aromatic heterocycles. The molecule has 0 spiro atoms. The van der Waals surface area contributed by atoms with Gasteiger partial charge in [-0.25, -0.2) is 9.97 Å². The van der Waals surface area contributed by atoms with Crippen molar-refractivity contribution in [3.8, 4) is 5.75 Å². The second-order valence-corrected chi connectivity index (χ2v) is 3.10. The molecule has 1 N–H and O–H groups in total. The molecule has 0 atom stereocenters. The molecular weight excluding hydrogens is 166 g/mol. The lowest BCUT2D eigenvalue weighted by atomic mass is 10.2.